The summed E-state index contributed by atoms with van der Waals surface area (Å²) < 4.78 is 1.60. The number of rotatable bonds is 7. The van der Waals surface area contributed by atoms with Gasteiger partial charge in [0.1, 0.15) is 0 Å². The van der Waals surface area contributed by atoms with Crippen molar-refractivity contribution in [1.29, 1.82) is 0 Å². The Balaban J connectivity index is 1.63. The molecular formula is C21H18ClN9O2. The van der Waals surface area contributed by atoms with E-state index in [1.165, 1.54) is 18.3 Å². The molecule has 0 atom stereocenters. The zero-order chi connectivity index (χ0) is 23.4. The first-order valence-electron chi connectivity index (χ1n) is 9.73. The second-order valence-electron chi connectivity index (χ2n) is 6.98. The first kappa shape index (κ1) is 21.8. The van der Waals surface area contributed by atoms with E-state index in [0.29, 0.717) is 16.5 Å². The summed E-state index contributed by atoms with van der Waals surface area (Å²) in [6, 6.07) is 15.1. The smallest absolute Gasteiger partial charge is 0.270 e. The largest absolute Gasteiger partial charge is 0.324 e. The Bertz CT molecular complexity index is 1340. The van der Waals surface area contributed by atoms with Crippen LogP contribution in [0.2, 0.25) is 5.02 Å². The minimum Gasteiger partial charge on any atom is -0.324 e. The van der Waals surface area contributed by atoms with Crippen molar-refractivity contribution in [3.8, 4) is 5.95 Å². The number of aryl methyl sites for hydroxylation is 2. The Kier molecular flexibility index (Phi) is 6.22. The van der Waals surface area contributed by atoms with E-state index in [0.717, 1.165) is 17.1 Å². The maximum Gasteiger partial charge on any atom is 0.270 e. The number of non-ortho nitro benzene ring substituents is 1. The fourth-order valence-electron chi connectivity index (χ4n) is 2.94. The molecule has 2 heterocycles. The monoisotopic (exact) mass is 463 g/mol. The number of nitrogens with one attached hydrogen (secondary N) is 2. The summed E-state index contributed by atoms with van der Waals surface area (Å²) in [5.41, 5.74) is 5.67. The van der Waals surface area contributed by atoms with Crippen molar-refractivity contribution in [1.82, 2.24) is 24.7 Å². The van der Waals surface area contributed by atoms with Gasteiger partial charge < -0.3 is 5.32 Å². The van der Waals surface area contributed by atoms with Crippen molar-refractivity contribution < 1.29 is 4.92 Å². The van der Waals surface area contributed by atoms with E-state index in [1.54, 1.807) is 41.1 Å². The normalized spacial score (nSPS) is 11.0. The quantitative estimate of drug-likeness (QED) is 0.233. The van der Waals surface area contributed by atoms with Gasteiger partial charge in [-0.3, -0.25) is 10.1 Å². The summed E-state index contributed by atoms with van der Waals surface area (Å²) in [6.07, 6.45) is 1.44. The van der Waals surface area contributed by atoms with E-state index < -0.39 is 4.92 Å². The molecule has 0 aliphatic rings. The van der Waals surface area contributed by atoms with Crippen molar-refractivity contribution >= 4 is 41.1 Å². The Morgan fingerprint density at radius 2 is 1.82 bits per heavy atom. The molecule has 0 aliphatic carbocycles. The number of hydrazone groups is 1. The summed E-state index contributed by atoms with van der Waals surface area (Å²) in [6.45, 7) is 3.77. The van der Waals surface area contributed by atoms with Gasteiger partial charge in [-0.1, -0.05) is 23.7 Å². The molecule has 4 rings (SSSR count). The van der Waals surface area contributed by atoms with E-state index in [9.17, 15) is 10.1 Å². The lowest BCUT2D eigenvalue weighted by molar-refractivity contribution is -0.384. The van der Waals surface area contributed by atoms with E-state index in [4.69, 9.17) is 11.6 Å². The Labute approximate surface area is 193 Å². The molecule has 2 aromatic heterocycles. The number of hydrogen-bond acceptors (Lipinski definition) is 9. The van der Waals surface area contributed by atoms with Gasteiger partial charge in [-0.15, -0.1) is 0 Å². The van der Waals surface area contributed by atoms with Crippen LogP contribution < -0.4 is 10.7 Å². The third kappa shape index (κ3) is 5.46. The number of aromatic nitrogens is 5. The minimum atomic E-state index is -0.466. The predicted octanol–water partition coefficient (Wildman–Crippen LogP) is 4.43. The van der Waals surface area contributed by atoms with Crippen LogP contribution in [-0.2, 0) is 0 Å². The zero-order valence-corrected chi connectivity index (χ0v) is 18.4. The molecule has 0 fully saturated rings. The van der Waals surface area contributed by atoms with Gasteiger partial charge >= 0.3 is 0 Å². The van der Waals surface area contributed by atoms with Crippen molar-refractivity contribution in [3.05, 3.63) is 86.7 Å². The van der Waals surface area contributed by atoms with Gasteiger partial charge in [-0.05, 0) is 44.2 Å². The molecule has 0 bridgehead atoms. The number of nitro benzene ring substituents is 1. The van der Waals surface area contributed by atoms with Gasteiger partial charge in [0.25, 0.3) is 11.6 Å². The molecule has 4 aromatic rings. The number of benzene rings is 2. The molecule has 0 spiro atoms. The van der Waals surface area contributed by atoms with Gasteiger partial charge in [0.15, 0.2) is 0 Å². The molecule has 12 heteroatoms. The number of nitrogens with zero attached hydrogens (tertiary/aromatic N) is 7. The maximum absolute atomic E-state index is 11.0. The van der Waals surface area contributed by atoms with Crippen molar-refractivity contribution in [3.63, 3.8) is 0 Å². The third-order valence-electron chi connectivity index (χ3n) is 4.38. The number of hydrogen-bond donors (Lipinski definition) is 2. The molecule has 0 aliphatic heterocycles. The van der Waals surface area contributed by atoms with Crippen LogP contribution in [0, 0.1) is 24.0 Å². The zero-order valence-electron chi connectivity index (χ0n) is 17.6. The first-order valence-corrected chi connectivity index (χ1v) is 10.1. The second-order valence-corrected chi connectivity index (χ2v) is 7.41. The van der Waals surface area contributed by atoms with Gasteiger partial charge in [0.2, 0.25) is 11.9 Å². The number of halogens is 1. The van der Waals surface area contributed by atoms with E-state index in [-0.39, 0.29) is 17.6 Å². The number of anilines is 3. The average molecular weight is 464 g/mol. The molecule has 166 valence electrons. The van der Waals surface area contributed by atoms with Crippen LogP contribution in [0.4, 0.5) is 23.3 Å². The van der Waals surface area contributed by atoms with Crippen molar-refractivity contribution in [2.45, 2.75) is 13.8 Å². The highest BCUT2D eigenvalue weighted by molar-refractivity contribution is 6.30. The Hall–Kier alpha value is -4.38. The maximum atomic E-state index is 11.0. The summed E-state index contributed by atoms with van der Waals surface area (Å²) in [7, 11) is 0. The van der Waals surface area contributed by atoms with Crippen molar-refractivity contribution in [2.75, 3.05) is 10.7 Å². The average Bonchev–Trinajstić information content (AvgIpc) is 3.13. The fraction of sp³-hybridized carbons (Fsp3) is 0.0952. The molecule has 11 nitrogen and oxygen atoms in total. The van der Waals surface area contributed by atoms with Crippen LogP contribution in [0.1, 0.15) is 17.0 Å². The van der Waals surface area contributed by atoms with E-state index >= 15 is 0 Å². The highest BCUT2D eigenvalue weighted by Crippen LogP contribution is 2.19. The summed E-state index contributed by atoms with van der Waals surface area (Å²) in [5.74, 6) is 0.716. The van der Waals surface area contributed by atoms with Gasteiger partial charge in [0, 0.05) is 34.1 Å². The van der Waals surface area contributed by atoms with Crippen LogP contribution in [-0.4, -0.2) is 35.9 Å². The van der Waals surface area contributed by atoms with E-state index in [1.807, 2.05) is 19.9 Å². The lowest BCUT2D eigenvalue weighted by Crippen LogP contribution is -2.11. The minimum absolute atomic E-state index is 0.0274. The fourth-order valence-corrected chi connectivity index (χ4v) is 3.07. The summed E-state index contributed by atoms with van der Waals surface area (Å²) in [4.78, 5) is 23.7. The molecule has 0 unspecified atom stereocenters. The highest BCUT2D eigenvalue weighted by atomic mass is 35.5. The molecule has 2 aromatic carbocycles. The molecule has 0 saturated heterocycles. The molecule has 0 saturated carbocycles. The van der Waals surface area contributed by atoms with Crippen LogP contribution in [0.5, 0.6) is 0 Å². The first-order chi connectivity index (χ1) is 15.9. The summed E-state index contributed by atoms with van der Waals surface area (Å²) >= 11 is 5.96. The molecule has 2 N–H and O–H groups in total. The molecular weight excluding hydrogens is 446 g/mol. The molecule has 33 heavy (non-hydrogen) atoms. The van der Waals surface area contributed by atoms with Gasteiger partial charge in [-0.2, -0.15) is 25.2 Å². The van der Waals surface area contributed by atoms with Gasteiger partial charge in [0.05, 0.1) is 16.8 Å². The predicted molar refractivity (Wildman–Crippen MR) is 125 cm³/mol. The SMILES string of the molecule is Cc1cc(C)n(-c2nc(NN=Cc3cccc([N+](=O)[O-])c3)nc(Nc3ccc(Cl)cc3)n2)n1. The summed E-state index contributed by atoms with van der Waals surface area (Å²) in [5, 5.41) is 23.2. The third-order valence-corrected chi connectivity index (χ3v) is 4.63. The Morgan fingerprint density at radius 1 is 1.06 bits per heavy atom. The lowest BCUT2D eigenvalue weighted by Gasteiger charge is -2.09. The number of nitro groups is 1. The Morgan fingerprint density at radius 3 is 2.52 bits per heavy atom. The van der Waals surface area contributed by atoms with E-state index in [2.05, 4.69) is 35.9 Å². The second kappa shape index (κ2) is 9.40. The highest BCUT2D eigenvalue weighted by Gasteiger charge is 2.12. The van der Waals surface area contributed by atoms with Gasteiger partial charge in [-0.25, -0.2) is 10.1 Å². The van der Waals surface area contributed by atoms with Crippen LogP contribution >= 0.6 is 11.6 Å². The molecule has 0 amide bonds. The lowest BCUT2D eigenvalue weighted by atomic mass is 10.2. The van der Waals surface area contributed by atoms with Crippen molar-refractivity contribution in [2.24, 2.45) is 5.10 Å². The topological polar surface area (TPSA) is 136 Å². The standard InChI is InChI=1S/C21H18ClN9O2/c1-13-10-14(2)30(29-13)21-26-19(24-17-8-6-16(22)7-9-17)25-20(27-21)28-23-12-15-4-3-5-18(11-15)31(32)33/h3-12H,1-2H3,(H2,24,25,26,27,28). The van der Waals surface area contributed by atoms with Crippen LogP contribution in [0.15, 0.2) is 59.7 Å². The van der Waals surface area contributed by atoms with Crippen LogP contribution in [0.25, 0.3) is 5.95 Å². The molecule has 0 radical (unpaired) electrons. The van der Waals surface area contributed by atoms with Crippen LogP contribution in [0.3, 0.4) is 0 Å².